The minimum Gasteiger partial charge on any atom is -0.389 e. The Morgan fingerprint density at radius 2 is 1.70 bits per heavy atom. The summed E-state index contributed by atoms with van der Waals surface area (Å²) in [6, 6.07) is 0. The van der Waals surface area contributed by atoms with Crippen molar-refractivity contribution in [2.24, 2.45) is 17.8 Å². The Kier molecular flexibility index (Phi) is 6.58. The van der Waals surface area contributed by atoms with Crippen molar-refractivity contribution >= 4 is 5.91 Å². The van der Waals surface area contributed by atoms with Crippen LogP contribution >= 0.6 is 0 Å². The average molecular weight is 374 g/mol. The monoisotopic (exact) mass is 373 g/mol. The van der Waals surface area contributed by atoms with Crippen molar-refractivity contribution < 1.29 is 9.90 Å². The molecule has 0 bridgehead atoms. The van der Waals surface area contributed by atoms with Crippen molar-refractivity contribution in [3.63, 3.8) is 0 Å². The molecule has 1 saturated heterocycles. The summed E-state index contributed by atoms with van der Waals surface area (Å²) in [4.78, 5) is 14.5. The number of fused-ring (bicyclic) bond motifs is 3. The van der Waals surface area contributed by atoms with E-state index in [2.05, 4.69) is 4.90 Å². The number of carbonyl (C=O) groups is 1. The molecule has 0 aromatic heterocycles. The topological polar surface area (TPSA) is 40.5 Å². The first-order valence-electron chi connectivity index (χ1n) is 11.9. The fourth-order valence-corrected chi connectivity index (χ4v) is 6.35. The minimum absolute atomic E-state index is 0.223. The van der Waals surface area contributed by atoms with Crippen molar-refractivity contribution in [1.82, 2.24) is 4.90 Å². The van der Waals surface area contributed by atoms with E-state index >= 15 is 0 Å². The fourth-order valence-electron chi connectivity index (χ4n) is 6.35. The van der Waals surface area contributed by atoms with Crippen molar-refractivity contribution in [3.05, 3.63) is 11.1 Å². The van der Waals surface area contributed by atoms with Gasteiger partial charge in [0.05, 0.1) is 6.10 Å². The van der Waals surface area contributed by atoms with E-state index in [1.54, 1.807) is 5.57 Å². The van der Waals surface area contributed by atoms with Gasteiger partial charge < -0.3 is 10.0 Å². The van der Waals surface area contributed by atoms with Gasteiger partial charge in [-0.1, -0.05) is 44.1 Å². The quantitative estimate of drug-likeness (QED) is 0.512. The molecule has 4 aliphatic rings. The van der Waals surface area contributed by atoms with Crippen LogP contribution in [0.1, 0.15) is 96.3 Å². The van der Waals surface area contributed by atoms with E-state index in [4.69, 9.17) is 0 Å². The van der Waals surface area contributed by atoms with Crippen LogP contribution in [0.5, 0.6) is 0 Å². The lowest BCUT2D eigenvalue weighted by Crippen LogP contribution is -2.31. The third-order valence-corrected chi connectivity index (χ3v) is 7.85. The first kappa shape index (κ1) is 19.5. The van der Waals surface area contributed by atoms with Gasteiger partial charge in [0, 0.05) is 25.4 Å². The molecule has 2 saturated carbocycles. The number of carbonyl (C=O) groups excluding carboxylic acids is 1. The molecule has 0 aromatic rings. The maximum atomic E-state index is 12.4. The predicted octanol–water partition coefficient (Wildman–Crippen LogP) is 5.23. The second-order valence-corrected chi connectivity index (χ2v) is 9.62. The maximum absolute atomic E-state index is 12.4. The SMILES string of the molecule is O=C(CCCCC(O)C1=C2CCCC3CCCCC3C21)N1CCCCCC1. The molecule has 1 N–H and O–H groups in total. The molecular formula is C24H39NO2. The Morgan fingerprint density at radius 3 is 2.52 bits per heavy atom. The molecule has 4 rings (SSSR count). The van der Waals surface area contributed by atoms with Crippen LogP contribution in [0.2, 0.25) is 0 Å². The van der Waals surface area contributed by atoms with Crippen LogP contribution < -0.4 is 0 Å². The molecule has 1 amide bonds. The summed E-state index contributed by atoms with van der Waals surface area (Å²) in [5, 5.41) is 10.8. The number of rotatable bonds is 6. The summed E-state index contributed by atoms with van der Waals surface area (Å²) in [6.07, 6.45) is 17.8. The number of hydrogen-bond acceptors (Lipinski definition) is 2. The first-order valence-corrected chi connectivity index (χ1v) is 11.9. The average Bonchev–Trinajstić information content (AvgIpc) is 3.45. The van der Waals surface area contributed by atoms with Crippen molar-refractivity contribution in [3.8, 4) is 0 Å². The van der Waals surface area contributed by atoms with E-state index < -0.39 is 0 Å². The van der Waals surface area contributed by atoms with Crippen LogP contribution in [0, 0.1) is 17.8 Å². The number of hydrogen-bond donors (Lipinski definition) is 1. The summed E-state index contributed by atoms with van der Waals surface area (Å²) in [5.41, 5.74) is 3.07. The van der Waals surface area contributed by atoms with Gasteiger partial charge in [-0.25, -0.2) is 0 Å². The smallest absolute Gasteiger partial charge is 0.222 e. The first-order chi connectivity index (χ1) is 13.3. The molecule has 3 aliphatic carbocycles. The Hall–Kier alpha value is -0.830. The summed E-state index contributed by atoms with van der Waals surface area (Å²) in [7, 11) is 0. The van der Waals surface area contributed by atoms with Gasteiger partial charge in [-0.2, -0.15) is 0 Å². The van der Waals surface area contributed by atoms with Crippen LogP contribution in [0.4, 0.5) is 0 Å². The highest BCUT2D eigenvalue weighted by Crippen LogP contribution is 2.58. The van der Waals surface area contributed by atoms with Crippen molar-refractivity contribution in [2.45, 2.75) is 102 Å². The normalized spacial score (nSPS) is 32.2. The van der Waals surface area contributed by atoms with Crippen molar-refractivity contribution in [1.29, 1.82) is 0 Å². The highest BCUT2D eigenvalue weighted by molar-refractivity contribution is 5.76. The third kappa shape index (κ3) is 4.60. The van der Waals surface area contributed by atoms with Crippen LogP contribution in [0.3, 0.4) is 0 Å². The molecule has 3 heteroatoms. The van der Waals surface area contributed by atoms with E-state index in [1.807, 2.05) is 0 Å². The van der Waals surface area contributed by atoms with E-state index in [9.17, 15) is 9.90 Å². The van der Waals surface area contributed by atoms with Gasteiger partial charge in [-0.15, -0.1) is 0 Å². The lowest BCUT2D eigenvalue weighted by atomic mass is 9.74. The third-order valence-electron chi connectivity index (χ3n) is 7.85. The summed E-state index contributed by atoms with van der Waals surface area (Å²) in [6.45, 7) is 1.92. The molecule has 152 valence electrons. The van der Waals surface area contributed by atoms with Gasteiger partial charge in [-0.3, -0.25) is 4.79 Å². The zero-order chi connectivity index (χ0) is 18.6. The van der Waals surface area contributed by atoms with Gasteiger partial charge in [0.25, 0.3) is 0 Å². The molecular weight excluding hydrogens is 334 g/mol. The summed E-state index contributed by atoms with van der Waals surface area (Å²) >= 11 is 0. The number of allylic oxidation sites excluding steroid dienone is 1. The second-order valence-electron chi connectivity index (χ2n) is 9.62. The molecule has 0 radical (unpaired) electrons. The minimum atomic E-state index is -0.223. The molecule has 0 spiro atoms. The largest absolute Gasteiger partial charge is 0.389 e. The Bertz CT molecular complexity index is 547. The summed E-state index contributed by atoms with van der Waals surface area (Å²) in [5.74, 6) is 2.80. The molecule has 3 nitrogen and oxygen atoms in total. The molecule has 4 atom stereocenters. The lowest BCUT2D eigenvalue weighted by molar-refractivity contribution is -0.131. The van der Waals surface area contributed by atoms with E-state index in [0.29, 0.717) is 18.2 Å². The van der Waals surface area contributed by atoms with Gasteiger partial charge in [0.1, 0.15) is 0 Å². The van der Waals surface area contributed by atoms with Crippen LogP contribution in [0.15, 0.2) is 11.1 Å². The van der Waals surface area contributed by atoms with Crippen LogP contribution in [0.25, 0.3) is 0 Å². The predicted molar refractivity (Wildman–Crippen MR) is 109 cm³/mol. The van der Waals surface area contributed by atoms with Gasteiger partial charge in [0.2, 0.25) is 5.91 Å². The summed E-state index contributed by atoms with van der Waals surface area (Å²) < 4.78 is 0. The highest BCUT2D eigenvalue weighted by atomic mass is 16.3. The molecule has 3 fully saturated rings. The fraction of sp³-hybridized carbons (Fsp3) is 0.875. The van der Waals surface area contributed by atoms with Gasteiger partial charge in [-0.05, 0) is 68.8 Å². The molecule has 0 aromatic carbocycles. The molecule has 1 aliphatic heterocycles. The number of unbranched alkanes of at least 4 members (excludes halogenated alkanes) is 1. The van der Waals surface area contributed by atoms with E-state index in [0.717, 1.165) is 44.2 Å². The standard InChI is InChI=1S/C24H39NO2/c26-21(14-5-6-15-22(27)25-16-7-1-2-8-17-25)24-20-13-9-11-18-10-3-4-12-19(18)23(20)24/h18-19,21,23,26H,1-17H2. The lowest BCUT2D eigenvalue weighted by Gasteiger charge is -2.32. The van der Waals surface area contributed by atoms with Gasteiger partial charge >= 0.3 is 0 Å². The van der Waals surface area contributed by atoms with Crippen molar-refractivity contribution in [2.75, 3.05) is 13.1 Å². The Morgan fingerprint density at radius 1 is 0.963 bits per heavy atom. The number of likely N-dealkylation sites (tertiary alicyclic amines) is 1. The van der Waals surface area contributed by atoms with Crippen LogP contribution in [-0.2, 0) is 4.79 Å². The molecule has 27 heavy (non-hydrogen) atoms. The number of nitrogens with zero attached hydrogens (tertiary/aromatic N) is 1. The maximum Gasteiger partial charge on any atom is 0.222 e. The van der Waals surface area contributed by atoms with Crippen LogP contribution in [-0.4, -0.2) is 35.1 Å². The zero-order valence-corrected chi connectivity index (χ0v) is 17.1. The van der Waals surface area contributed by atoms with Gasteiger partial charge in [0.15, 0.2) is 0 Å². The zero-order valence-electron chi connectivity index (χ0n) is 17.1. The number of aliphatic hydroxyl groups is 1. The molecule has 4 unspecified atom stereocenters. The number of aliphatic hydroxyl groups excluding tert-OH is 1. The Labute approximate surface area is 165 Å². The molecule has 1 heterocycles. The van der Waals surface area contributed by atoms with E-state index in [-0.39, 0.29) is 6.10 Å². The van der Waals surface area contributed by atoms with E-state index in [1.165, 1.54) is 76.2 Å². The Balaban J connectivity index is 1.20. The second kappa shape index (κ2) is 9.11. The highest BCUT2D eigenvalue weighted by Gasteiger charge is 2.48. The number of amides is 1.